The summed E-state index contributed by atoms with van der Waals surface area (Å²) in [6.45, 7) is 2.05. The molecule has 1 N–H and O–H groups in total. The largest absolute Gasteiger partial charge is 0.257 e. The molecule has 0 aliphatic carbocycles. The van der Waals surface area contributed by atoms with Crippen LogP contribution in [0.15, 0.2) is 12.1 Å². The minimum atomic E-state index is -2.46. The highest BCUT2D eigenvalue weighted by Crippen LogP contribution is 2.12. The molecule has 1 rings (SSSR count). The van der Waals surface area contributed by atoms with Crippen molar-refractivity contribution >= 4 is 32.3 Å². The lowest BCUT2D eigenvalue weighted by molar-refractivity contribution is 0.678. The molecule has 1 atom stereocenters. The van der Waals surface area contributed by atoms with Crippen LogP contribution in [0.3, 0.4) is 0 Å². The third-order valence-corrected chi connectivity index (χ3v) is 3.60. The van der Waals surface area contributed by atoms with E-state index < -0.39 is 9.73 Å². The SMILES string of the molecule is CCc1cc(CS(C)(=N)=O)cc(CI)n1. The standard InChI is InChI=1S/C10H15IN2OS/c1-3-9-4-8(7-15(2,12)14)5-10(6-11)13-9/h4-5,12H,3,6-7H2,1-2H3. The van der Waals surface area contributed by atoms with Crippen LogP contribution in [0, 0.1) is 4.78 Å². The summed E-state index contributed by atoms with van der Waals surface area (Å²) >= 11 is 2.26. The molecule has 0 bridgehead atoms. The predicted molar refractivity (Wildman–Crippen MR) is 71.8 cm³/mol. The third kappa shape index (κ3) is 4.46. The Balaban J connectivity index is 3.07. The van der Waals surface area contributed by atoms with E-state index in [1.165, 1.54) is 6.26 Å². The molecule has 1 aromatic rings. The average molecular weight is 338 g/mol. The summed E-state index contributed by atoms with van der Waals surface area (Å²) in [7, 11) is -2.46. The predicted octanol–water partition coefficient (Wildman–Crippen LogP) is 2.76. The number of aromatic nitrogens is 1. The van der Waals surface area contributed by atoms with Crippen molar-refractivity contribution < 1.29 is 4.21 Å². The van der Waals surface area contributed by atoms with Gasteiger partial charge in [0.15, 0.2) is 0 Å². The number of hydrogen-bond donors (Lipinski definition) is 1. The van der Waals surface area contributed by atoms with Crippen LogP contribution in [0.4, 0.5) is 0 Å². The van der Waals surface area contributed by atoms with E-state index in [0.717, 1.165) is 27.8 Å². The van der Waals surface area contributed by atoms with Gasteiger partial charge in [-0.15, -0.1) is 0 Å². The number of pyridine rings is 1. The van der Waals surface area contributed by atoms with Crippen molar-refractivity contribution in [2.24, 2.45) is 0 Å². The monoisotopic (exact) mass is 338 g/mol. The molecule has 0 aliphatic rings. The van der Waals surface area contributed by atoms with E-state index in [1.54, 1.807) is 0 Å². The molecule has 1 heterocycles. The van der Waals surface area contributed by atoms with Crippen LogP contribution in [0.1, 0.15) is 23.9 Å². The first-order valence-electron chi connectivity index (χ1n) is 4.70. The molecule has 0 spiro atoms. The second kappa shape index (κ2) is 5.25. The van der Waals surface area contributed by atoms with Crippen molar-refractivity contribution in [1.29, 1.82) is 4.78 Å². The summed E-state index contributed by atoms with van der Waals surface area (Å²) in [6, 6.07) is 3.90. The van der Waals surface area contributed by atoms with Crippen LogP contribution in [0.2, 0.25) is 0 Å². The van der Waals surface area contributed by atoms with Gasteiger partial charge < -0.3 is 0 Å². The van der Waals surface area contributed by atoms with E-state index in [9.17, 15) is 4.21 Å². The normalized spacial score (nSPS) is 14.9. The summed E-state index contributed by atoms with van der Waals surface area (Å²) < 4.78 is 19.7. The van der Waals surface area contributed by atoms with Crippen LogP contribution in [-0.2, 0) is 26.3 Å². The van der Waals surface area contributed by atoms with E-state index in [0.29, 0.717) is 5.75 Å². The highest BCUT2D eigenvalue weighted by Gasteiger charge is 2.05. The molecule has 1 unspecified atom stereocenters. The Hall–Kier alpha value is -0.170. The Morgan fingerprint density at radius 3 is 2.53 bits per heavy atom. The van der Waals surface area contributed by atoms with Gasteiger partial charge in [0.1, 0.15) is 0 Å². The average Bonchev–Trinajstić information content (AvgIpc) is 2.14. The quantitative estimate of drug-likeness (QED) is 0.678. The van der Waals surface area contributed by atoms with E-state index in [1.807, 2.05) is 19.1 Å². The second-order valence-electron chi connectivity index (χ2n) is 3.59. The fourth-order valence-corrected chi connectivity index (χ4v) is 2.56. The molecule has 5 heteroatoms. The Morgan fingerprint density at radius 1 is 1.47 bits per heavy atom. The van der Waals surface area contributed by atoms with E-state index in [4.69, 9.17) is 4.78 Å². The number of nitrogens with zero attached hydrogens (tertiary/aromatic N) is 1. The molecule has 3 nitrogen and oxygen atoms in total. The zero-order valence-electron chi connectivity index (χ0n) is 8.92. The molecule has 0 aromatic carbocycles. The Morgan fingerprint density at radius 2 is 2.07 bits per heavy atom. The van der Waals surface area contributed by atoms with Gasteiger partial charge in [-0.2, -0.15) is 0 Å². The second-order valence-corrected chi connectivity index (χ2v) is 6.66. The number of rotatable bonds is 4. The van der Waals surface area contributed by atoms with Crippen molar-refractivity contribution in [2.45, 2.75) is 23.5 Å². The van der Waals surface area contributed by atoms with E-state index in [2.05, 4.69) is 27.6 Å². The molecule has 15 heavy (non-hydrogen) atoms. The first-order valence-corrected chi connectivity index (χ1v) is 8.37. The van der Waals surface area contributed by atoms with Crippen molar-refractivity contribution in [2.75, 3.05) is 6.26 Å². The highest BCUT2D eigenvalue weighted by molar-refractivity contribution is 14.1. The molecule has 0 fully saturated rings. The summed E-state index contributed by atoms with van der Waals surface area (Å²) in [6.07, 6.45) is 2.35. The number of hydrogen-bond acceptors (Lipinski definition) is 3. The van der Waals surface area contributed by atoms with Crippen LogP contribution in [0.5, 0.6) is 0 Å². The Kier molecular flexibility index (Phi) is 4.51. The minimum Gasteiger partial charge on any atom is -0.257 e. The third-order valence-electron chi connectivity index (χ3n) is 1.93. The van der Waals surface area contributed by atoms with Crippen LogP contribution < -0.4 is 0 Å². The molecule has 0 saturated heterocycles. The molecular weight excluding hydrogens is 323 g/mol. The zero-order chi connectivity index (χ0) is 11.5. The molecule has 0 saturated carbocycles. The maximum Gasteiger partial charge on any atom is 0.0564 e. The van der Waals surface area contributed by atoms with Gasteiger partial charge in [0.2, 0.25) is 0 Å². The van der Waals surface area contributed by atoms with Gasteiger partial charge in [0.25, 0.3) is 0 Å². The van der Waals surface area contributed by atoms with Crippen molar-refractivity contribution in [3.8, 4) is 0 Å². The van der Waals surface area contributed by atoms with E-state index in [-0.39, 0.29) is 0 Å². The molecule has 0 radical (unpaired) electrons. The van der Waals surface area contributed by atoms with Gasteiger partial charge in [-0.25, -0.2) is 4.21 Å². The molecular formula is C10H15IN2OS. The summed E-state index contributed by atoms with van der Waals surface area (Å²) in [5, 5.41) is 0. The molecule has 1 aromatic heterocycles. The number of nitrogens with one attached hydrogen (secondary N) is 1. The van der Waals surface area contributed by atoms with Gasteiger partial charge in [-0.05, 0) is 24.1 Å². The smallest absolute Gasteiger partial charge is 0.0564 e. The van der Waals surface area contributed by atoms with Crippen LogP contribution in [-0.4, -0.2) is 15.4 Å². The van der Waals surface area contributed by atoms with Gasteiger partial charge >= 0.3 is 0 Å². The first-order chi connectivity index (χ1) is 6.94. The molecule has 0 amide bonds. The Bertz CT molecular complexity index is 420. The van der Waals surface area contributed by atoms with Crippen molar-refractivity contribution in [3.63, 3.8) is 0 Å². The van der Waals surface area contributed by atoms with Gasteiger partial charge in [-0.3, -0.25) is 9.76 Å². The lowest BCUT2D eigenvalue weighted by Gasteiger charge is -2.06. The van der Waals surface area contributed by atoms with Gasteiger partial charge in [0, 0.05) is 26.1 Å². The molecule has 0 aliphatic heterocycles. The number of alkyl halides is 1. The van der Waals surface area contributed by atoms with Gasteiger partial charge in [0.05, 0.1) is 11.4 Å². The fourth-order valence-electron chi connectivity index (χ4n) is 1.37. The summed E-state index contributed by atoms with van der Waals surface area (Å²) in [5.41, 5.74) is 2.99. The Labute approximate surface area is 105 Å². The molecule has 84 valence electrons. The first kappa shape index (κ1) is 12.9. The maximum atomic E-state index is 11.4. The van der Waals surface area contributed by atoms with E-state index >= 15 is 0 Å². The lowest BCUT2D eigenvalue weighted by atomic mass is 10.2. The highest BCUT2D eigenvalue weighted by atomic mass is 127. The topological polar surface area (TPSA) is 53.8 Å². The zero-order valence-corrected chi connectivity index (χ0v) is 11.9. The number of halogens is 1. The van der Waals surface area contributed by atoms with Gasteiger partial charge in [-0.1, -0.05) is 29.5 Å². The maximum absolute atomic E-state index is 11.4. The van der Waals surface area contributed by atoms with Crippen molar-refractivity contribution in [3.05, 3.63) is 29.1 Å². The van der Waals surface area contributed by atoms with Crippen molar-refractivity contribution in [1.82, 2.24) is 4.98 Å². The minimum absolute atomic E-state index is 0.326. The lowest BCUT2D eigenvalue weighted by Crippen LogP contribution is -2.02. The fraction of sp³-hybridized carbons (Fsp3) is 0.500. The summed E-state index contributed by atoms with van der Waals surface area (Å²) in [4.78, 5) is 4.44. The van der Waals surface area contributed by atoms with Crippen LogP contribution in [0.25, 0.3) is 0 Å². The summed E-state index contributed by atoms with van der Waals surface area (Å²) in [5.74, 6) is 0.326. The van der Waals surface area contributed by atoms with Crippen LogP contribution >= 0.6 is 22.6 Å². The number of aryl methyl sites for hydroxylation is 1.